The van der Waals surface area contributed by atoms with E-state index in [-0.39, 0.29) is 4.32 Å². The SMILES string of the molecule is NC(=O)c1ccc(CC2(Br)CC2)nc1. The molecule has 1 aliphatic carbocycles. The number of amides is 1. The zero-order valence-electron chi connectivity index (χ0n) is 7.66. The number of aromatic nitrogens is 1. The maximum absolute atomic E-state index is 10.8. The fourth-order valence-corrected chi connectivity index (χ4v) is 1.80. The van der Waals surface area contributed by atoms with Crippen molar-refractivity contribution in [3.05, 3.63) is 29.6 Å². The lowest BCUT2D eigenvalue weighted by molar-refractivity contribution is 0.1000. The lowest BCUT2D eigenvalue weighted by atomic mass is 10.2. The van der Waals surface area contributed by atoms with Gasteiger partial charge >= 0.3 is 0 Å². The summed E-state index contributed by atoms with van der Waals surface area (Å²) in [6.07, 6.45) is 4.86. The highest BCUT2D eigenvalue weighted by Crippen LogP contribution is 2.46. The second-order valence-electron chi connectivity index (χ2n) is 3.73. The summed E-state index contributed by atoms with van der Waals surface area (Å²) in [5, 5.41) is 0. The average molecular weight is 255 g/mol. The molecule has 2 N–H and O–H groups in total. The van der Waals surface area contributed by atoms with E-state index in [0.717, 1.165) is 12.1 Å². The van der Waals surface area contributed by atoms with E-state index in [4.69, 9.17) is 5.73 Å². The van der Waals surface area contributed by atoms with Gasteiger partial charge in [-0.15, -0.1) is 0 Å². The summed E-state index contributed by atoms with van der Waals surface area (Å²) in [5.41, 5.74) is 6.59. The molecule has 0 aliphatic heterocycles. The van der Waals surface area contributed by atoms with E-state index in [0.29, 0.717) is 5.56 Å². The largest absolute Gasteiger partial charge is 0.366 e. The van der Waals surface area contributed by atoms with E-state index in [1.54, 1.807) is 6.07 Å². The van der Waals surface area contributed by atoms with Gasteiger partial charge in [-0.3, -0.25) is 9.78 Å². The third-order valence-electron chi connectivity index (χ3n) is 2.40. The monoisotopic (exact) mass is 254 g/mol. The zero-order valence-corrected chi connectivity index (χ0v) is 9.25. The van der Waals surface area contributed by atoms with Crippen LogP contribution in [0.2, 0.25) is 0 Å². The number of nitrogens with zero attached hydrogens (tertiary/aromatic N) is 1. The molecule has 4 heteroatoms. The van der Waals surface area contributed by atoms with Gasteiger partial charge in [0.1, 0.15) is 0 Å². The number of alkyl halides is 1. The first kappa shape index (κ1) is 9.65. The molecule has 0 unspecified atom stereocenters. The second kappa shape index (κ2) is 3.35. The fourth-order valence-electron chi connectivity index (χ4n) is 1.31. The van der Waals surface area contributed by atoms with Gasteiger partial charge in [0.2, 0.25) is 5.91 Å². The second-order valence-corrected chi connectivity index (χ2v) is 5.41. The first-order chi connectivity index (χ1) is 6.59. The molecule has 1 heterocycles. The number of nitrogens with two attached hydrogens (primary N) is 1. The van der Waals surface area contributed by atoms with Crippen LogP contribution < -0.4 is 5.73 Å². The third kappa shape index (κ3) is 2.12. The standard InChI is InChI=1S/C10H11BrN2O/c11-10(3-4-10)5-8-2-1-7(6-13-8)9(12)14/h1-2,6H,3-5H2,(H2,12,14). The van der Waals surface area contributed by atoms with Gasteiger partial charge in [-0.05, 0) is 25.0 Å². The Balaban J connectivity index is 2.10. The van der Waals surface area contributed by atoms with Crippen molar-refractivity contribution < 1.29 is 4.79 Å². The number of carbonyl (C=O) groups excluding carboxylic acids is 1. The van der Waals surface area contributed by atoms with Gasteiger partial charge in [0.25, 0.3) is 0 Å². The molecule has 0 saturated heterocycles. The normalized spacial score (nSPS) is 17.8. The molecule has 3 nitrogen and oxygen atoms in total. The molecule has 2 rings (SSSR count). The molecule has 0 aromatic carbocycles. The summed E-state index contributed by atoms with van der Waals surface area (Å²) in [6, 6.07) is 3.59. The van der Waals surface area contributed by atoms with Gasteiger partial charge in [-0.2, -0.15) is 0 Å². The number of rotatable bonds is 3. The fraction of sp³-hybridized carbons (Fsp3) is 0.400. The van der Waals surface area contributed by atoms with Crippen LogP contribution in [-0.4, -0.2) is 15.2 Å². The Kier molecular flexibility index (Phi) is 2.31. The van der Waals surface area contributed by atoms with Crippen molar-refractivity contribution in [1.82, 2.24) is 4.98 Å². The Morgan fingerprint density at radius 1 is 1.57 bits per heavy atom. The van der Waals surface area contributed by atoms with Crippen molar-refractivity contribution in [3.8, 4) is 0 Å². The highest BCUT2D eigenvalue weighted by molar-refractivity contribution is 9.10. The minimum atomic E-state index is -0.427. The van der Waals surface area contributed by atoms with Crippen LogP contribution in [0.3, 0.4) is 0 Å². The van der Waals surface area contributed by atoms with E-state index in [1.807, 2.05) is 6.07 Å². The summed E-state index contributed by atoms with van der Waals surface area (Å²) in [7, 11) is 0. The van der Waals surface area contributed by atoms with Crippen LogP contribution in [-0.2, 0) is 6.42 Å². The molecule has 0 radical (unpaired) electrons. The zero-order chi connectivity index (χ0) is 10.2. The van der Waals surface area contributed by atoms with E-state index >= 15 is 0 Å². The molecule has 14 heavy (non-hydrogen) atoms. The Morgan fingerprint density at radius 3 is 2.71 bits per heavy atom. The first-order valence-electron chi connectivity index (χ1n) is 4.53. The lowest BCUT2D eigenvalue weighted by Gasteiger charge is -2.05. The summed E-state index contributed by atoms with van der Waals surface area (Å²) in [6.45, 7) is 0. The molecule has 1 aliphatic rings. The Morgan fingerprint density at radius 2 is 2.29 bits per heavy atom. The molecule has 1 fully saturated rings. The van der Waals surface area contributed by atoms with Crippen LogP contribution in [0.4, 0.5) is 0 Å². The minimum Gasteiger partial charge on any atom is -0.366 e. The highest BCUT2D eigenvalue weighted by Gasteiger charge is 2.39. The summed E-state index contributed by atoms with van der Waals surface area (Å²) in [4.78, 5) is 15.0. The molecule has 1 aromatic rings. The smallest absolute Gasteiger partial charge is 0.250 e. The molecule has 0 spiro atoms. The number of hydrogen-bond donors (Lipinski definition) is 1. The number of carbonyl (C=O) groups is 1. The van der Waals surface area contributed by atoms with Gasteiger partial charge in [0.15, 0.2) is 0 Å². The minimum absolute atomic E-state index is 0.272. The van der Waals surface area contributed by atoms with Crippen molar-refractivity contribution in [2.24, 2.45) is 5.73 Å². The predicted octanol–water partition coefficient (Wildman–Crippen LogP) is 1.65. The van der Waals surface area contributed by atoms with Gasteiger partial charge in [0, 0.05) is 22.6 Å². The molecule has 0 bridgehead atoms. The van der Waals surface area contributed by atoms with Gasteiger partial charge < -0.3 is 5.73 Å². The van der Waals surface area contributed by atoms with Gasteiger partial charge in [-0.1, -0.05) is 15.9 Å². The van der Waals surface area contributed by atoms with E-state index in [9.17, 15) is 4.79 Å². The number of hydrogen-bond acceptors (Lipinski definition) is 2. The van der Waals surface area contributed by atoms with Gasteiger partial charge in [0.05, 0.1) is 5.56 Å². The van der Waals surface area contributed by atoms with Crippen LogP contribution in [0.25, 0.3) is 0 Å². The maximum Gasteiger partial charge on any atom is 0.250 e. The van der Waals surface area contributed by atoms with E-state index in [2.05, 4.69) is 20.9 Å². The van der Waals surface area contributed by atoms with Crippen LogP contribution in [0.1, 0.15) is 28.9 Å². The highest BCUT2D eigenvalue weighted by atomic mass is 79.9. The Hall–Kier alpha value is -0.900. The summed E-state index contributed by atoms with van der Waals surface area (Å²) >= 11 is 3.64. The summed E-state index contributed by atoms with van der Waals surface area (Å²) < 4.78 is 0.272. The predicted molar refractivity (Wildman–Crippen MR) is 57.4 cm³/mol. The summed E-state index contributed by atoms with van der Waals surface area (Å²) in [5.74, 6) is -0.427. The van der Waals surface area contributed by atoms with Crippen molar-refractivity contribution >= 4 is 21.8 Å². The van der Waals surface area contributed by atoms with Crippen molar-refractivity contribution in [2.45, 2.75) is 23.6 Å². The number of halogens is 1. The quantitative estimate of drug-likeness (QED) is 0.835. The molecule has 74 valence electrons. The van der Waals surface area contributed by atoms with E-state index in [1.165, 1.54) is 19.0 Å². The van der Waals surface area contributed by atoms with Crippen LogP contribution >= 0.6 is 15.9 Å². The van der Waals surface area contributed by atoms with Crippen molar-refractivity contribution in [3.63, 3.8) is 0 Å². The molecule has 0 atom stereocenters. The topological polar surface area (TPSA) is 56.0 Å². The Bertz CT molecular complexity index is 357. The first-order valence-corrected chi connectivity index (χ1v) is 5.32. The molecular weight excluding hydrogens is 244 g/mol. The maximum atomic E-state index is 10.8. The average Bonchev–Trinajstić information content (AvgIpc) is 2.84. The third-order valence-corrected chi connectivity index (χ3v) is 3.47. The van der Waals surface area contributed by atoms with Crippen LogP contribution in [0.15, 0.2) is 18.3 Å². The van der Waals surface area contributed by atoms with Gasteiger partial charge in [-0.25, -0.2) is 0 Å². The van der Waals surface area contributed by atoms with Crippen LogP contribution in [0.5, 0.6) is 0 Å². The Labute approximate surface area is 90.8 Å². The van der Waals surface area contributed by atoms with E-state index < -0.39 is 5.91 Å². The molecule has 1 amide bonds. The lowest BCUT2D eigenvalue weighted by Crippen LogP contribution is -2.12. The number of pyridine rings is 1. The van der Waals surface area contributed by atoms with Crippen LogP contribution in [0, 0.1) is 0 Å². The molecule has 1 saturated carbocycles. The molecular formula is C10H11BrN2O. The molecule has 1 aromatic heterocycles. The van der Waals surface area contributed by atoms with Crippen molar-refractivity contribution in [2.75, 3.05) is 0 Å². The van der Waals surface area contributed by atoms with Crippen molar-refractivity contribution in [1.29, 1.82) is 0 Å². The number of primary amides is 1.